The smallest absolute Gasteiger partial charge is 0.273 e. The lowest BCUT2D eigenvalue weighted by Crippen LogP contribution is -2.32. The van der Waals surface area contributed by atoms with Crippen molar-refractivity contribution in [3.8, 4) is 23.1 Å². The summed E-state index contributed by atoms with van der Waals surface area (Å²) in [4.78, 5) is 37.3. The van der Waals surface area contributed by atoms with Crippen LogP contribution in [0.15, 0.2) is 94.1 Å². The van der Waals surface area contributed by atoms with Crippen LogP contribution in [0.1, 0.15) is 5.76 Å². The fraction of sp³-hybridized carbons (Fsp3) is 0. The summed E-state index contributed by atoms with van der Waals surface area (Å²) in [6, 6.07) is 24.2. The van der Waals surface area contributed by atoms with Crippen LogP contribution in [-0.2, 0) is 4.79 Å². The number of rotatable bonds is 6. The average molecular weight is 603 g/mol. The molecule has 5 aromatic rings. The number of nitro groups is 1. The van der Waals surface area contributed by atoms with Crippen LogP contribution in [0, 0.1) is 21.4 Å². The number of para-hydroxylation sites is 1. The van der Waals surface area contributed by atoms with Crippen molar-refractivity contribution >= 4 is 63.5 Å². The first-order valence-corrected chi connectivity index (χ1v) is 13.4. The number of amides is 1. The number of nitrogens with zero attached hydrogens (tertiary/aromatic N) is 3. The van der Waals surface area contributed by atoms with E-state index in [2.05, 4.69) is 5.32 Å². The van der Waals surface area contributed by atoms with E-state index >= 15 is 0 Å². The van der Waals surface area contributed by atoms with E-state index in [0.29, 0.717) is 27.8 Å². The number of hydrogen-bond acceptors (Lipinski definition) is 7. The Labute approximate surface area is 245 Å². The summed E-state index contributed by atoms with van der Waals surface area (Å²) < 4.78 is 7.47. The Morgan fingerprint density at radius 2 is 1.78 bits per heavy atom. The molecule has 0 saturated heterocycles. The third-order valence-electron chi connectivity index (χ3n) is 5.83. The minimum atomic E-state index is -0.771. The second-order valence-electron chi connectivity index (χ2n) is 8.46. The summed E-state index contributed by atoms with van der Waals surface area (Å²) in [5.41, 5.74) is 0.452. The van der Waals surface area contributed by atoms with Crippen LogP contribution in [0.4, 0.5) is 11.4 Å². The maximum atomic E-state index is 13.6. The Balaban J connectivity index is 1.63. The molecule has 0 aliphatic carbocycles. The van der Waals surface area contributed by atoms with Crippen LogP contribution in [0.25, 0.3) is 28.7 Å². The van der Waals surface area contributed by atoms with E-state index in [9.17, 15) is 25.0 Å². The third kappa shape index (κ3) is 5.83. The molecule has 41 heavy (non-hydrogen) atoms. The number of aromatic nitrogens is 1. The van der Waals surface area contributed by atoms with Crippen molar-refractivity contribution in [1.29, 1.82) is 5.26 Å². The predicted octanol–water partition coefficient (Wildman–Crippen LogP) is 5.52. The molecule has 1 N–H and O–H groups in total. The van der Waals surface area contributed by atoms with Gasteiger partial charge in [-0.3, -0.25) is 24.3 Å². The molecule has 5 rings (SSSR count). The minimum absolute atomic E-state index is 0.0501. The number of benzene rings is 3. The summed E-state index contributed by atoms with van der Waals surface area (Å²) in [7, 11) is 0. The number of halogens is 2. The standard InChI is InChI=1S/C29H16Cl2N4O5S/c30-18-8-12-23(31)24(14-18)33-27(36)22(16-32)29-34(19-4-2-1-3-5-19)28(37)26(41-29)15-21-11-13-25(40-21)17-6-9-20(10-7-17)35(38)39/h1-15H,(H,33,36)/b26-15+,29-22-. The van der Waals surface area contributed by atoms with Crippen molar-refractivity contribution < 1.29 is 14.1 Å². The maximum Gasteiger partial charge on any atom is 0.273 e. The molecule has 0 bridgehead atoms. The van der Waals surface area contributed by atoms with Gasteiger partial charge in [0.1, 0.15) is 22.3 Å². The van der Waals surface area contributed by atoms with Gasteiger partial charge in [0.2, 0.25) is 0 Å². The number of carbonyl (C=O) groups excluding carboxylic acids is 1. The average Bonchev–Trinajstić information content (AvgIpc) is 3.56. The molecule has 2 heterocycles. The summed E-state index contributed by atoms with van der Waals surface area (Å²) in [5.74, 6) is -0.00176. The molecule has 1 amide bonds. The van der Waals surface area contributed by atoms with Crippen molar-refractivity contribution in [3.05, 3.63) is 130 Å². The van der Waals surface area contributed by atoms with Crippen LogP contribution in [0.3, 0.4) is 0 Å². The van der Waals surface area contributed by atoms with Gasteiger partial charge in [-0.05, 0) is 54.6 Å². The molecule has 0 unspecified atom stereocenters. The SMILES string of the molecule is N#C/C(C(=O)Nc1cc(Cl)ccc1Cl)=c1/s/c(=C/c2ccc(-c3ccc([N+](=O)[O-])cc3)o2)c(=O)n1-c1ccccc1. The molecule has 9 nitrogen and oxygen atoms in total. The van der Waals surface area contributed by atoms with Crippen molar-refractivity contribution in [2.24, 2.45) is 0 Å². The van der Waals surface area contributed by atoms with Crippen LogP contribution < -0.4 is 20.1 Å². The lowest BCUT2D eigenvalue weighted by Gasteiger charge is -2.07. The van der Waals surface area contributed by atoms with Gasteiger partial charge in [-0.25, -0.2) is 0 Å². The molecular formula is C29H16Cl2N4O5S. The first kappa shape index (κ1) is 27.6. The van der Waals surface area contributed by atoms with Crippen LogP contribution >= 0.6 is 34.5 Å². The van der Waals surface area contributed by atoms with E-state index in [1.807, 2.05) is 6.07 Å². The number of nitriles is 1. The second kappa shape index (κ2) is 11.7. The fourth-order valence-corrected chi connectivity index (χ4v) is 5.32. The minimum Gasteiger partial charge on any atom is -0.457 e. The first-order chi connectivity index (χ1) is 19.7. The largest absolute Gasteiger partial charge is 0.457 e. The molecule has 0 fully saturated rings. The van der Waals surface area contributed by atoms with Gasteiger partial charge in [0.15, 0.2) is 5.57 Å². The molecule has 12 heteroatoms. The van der Waals surface area contributed by atoms with E-state index in [1.165, 1.54) is 34.9 Å². The molecule has 0 aliphatic heterocycles. The highest BCUT2D eigenvalue weighted by Crippen LogP contribution is 2.26. The lowest BCUT2D eigenvalue weighted by atomic mass is 10.1. The van der Waals surface area contributed by atoms with Gasteiger partial charge in [0.05, 0.1) is 25.9 Å². The highest BCUT2D eigenvalue weighted by atomic mass is 35.5. The molecule has 0 radical (unpaired) electrons. The number of nitro benzene ring substituents is 1. The predicted molar refractivity (Wildman–Crippen MR) is 158 cm³/mol. The Hall–Kier alpha value is -4.95. The number of carbonyl (C=O) groups is 1. The summed E-state index contributed by atoms with van der Waals surface area (Å²) in [5, 5.41) is 24.1. The number of furan rings is 1. The van der Waals surface area contributed by atoms with Crippen molar-refractivity contribution in [3.63, 3.8) is 0 Å². The zero-order chi connectivity index (χ0) is 29.1. The molecule has 0 spiro atoms. The number of hydrogen-bond donors (Lipinski definition) is 1. The molecular weight excluding hydrogens is 587 g/mol. The van der Waals surface area contributed by atoms with Crippen molar-refractivity contribution in [2.45, 2.75) is 0 Å². The van der Waals surface area contributed by atoms with Gasteiger partial charge >= 0.3 is 0 Å². The van der Waals surface area contributed by atoms with Crippen molar-refractivity contribution in [1.82, 2.24) is 4.57 Å². The Kier molecular flexibility index (Phi) is 7.85. The van der Waals surface area contributed by atoms with Gasteiger partial charge in [-0.15, -0.1) is 11.3 Å². The van der Waals surface area contributed by atoms with Gasteiger partial charge in [0.25, 0.3) is 17.2 Å². The zero-order valence-electron chi connectivity index (χ0n) is 20.7. The number of nitrogens with one attached hydrogen (secondary N) is 1. The maximum absolute atomic E-state index is 13.6. The molecule has 0 atom stereocenters. The van der Waals surface area contributed by atoms with E-state index < -0.39 is 16.4 Å². The Morgan fingerprint density at radius 3 is 2.46 bits per heavy atom. The van der Waals surface area contributed by atoms with Crippen molar-refractivity contribution in [2.75, 3.05) is 5.32 Å². The fourth-order valence-electron chi connectivity index (χ4n) is 3.90. The zero-order valence-corrected chi connectivity index (χ0v) is 23.0. The molecule has 202 valence electrons. The summed E-state index contributed by atoms with van der Waals surface area (Å²) in [6.45, 7) is 0. The van der Waals surface area contributed by atoms with E-state index in [-0.39, 0.29) is 31.2 Å². The van der Waals surface area contributed by atoms with Gasteiger partial charge in [-0.1, -0.05) is 41.4 Å². The first-order valence-electron chi connectivity index (χ1n) is 11.8. The molecule has 0 saturated carbocycles. The lowest BCUT2D eigenvalue weighted by molar-refractivity contribution is -0.384. The quantitative estimate of drug-likeness (QED) is 0.201. The van der Waals surface area contributed by atoms with E-state index in [1.54, 1.807) is 60.7 Å². The number of thiazole rings is 1. The molecule has 3 aromatic carbocycles. The van der Waals surface area contributed by atoms with Gasteiger partial charge < -0.3 is 9.73 Å². The monoisotopic (exact) mass is 602 g/mol. The molecule has 2 aromatic heterocycles. The third-order valence-corrected chi connectivity index (χ3v) is 7.49. The number of non-ortho nitro benzene ring substituents is 1. The van der Waals surface area contributed by atoms with Crippen LogP contribution in [0.2, 0.25) is 10.0 Å². The Bertz CT molecular complexity index is 2020. The summed E-state index contributed by atoms with van der Waals surface area (Å²) in [6.07, 6.45) is 1.51. The summed E-state index contributed by atoms with van der Waals surface area (Å²) >= 11 is 13.2. The second-order valence-corrected chi connectivity index (χ2v) is 10.3. The normalized spacial score (nSPS) is 12.1. The van der Waals surface area contributed by atoms with Gasteiger partial charge in [-0.2, -0.15) is 5.26 Å². The van der Waals surface area contributed by atoms with Crippen LogP contribution in [0.5, 0.6) is 0 Å². The van der Waals surface area contributed by atoms with Crippen LogP contribution in [-0.4, -0.2) is 15.4 Å². The molecule has 0 aliphatic rings. The number of anilines is 1. The van der Waals surface area contributed by atoms with Gasteiger partial charge in [0, 0.05) is 28.8 Å². The highest BCUT2D eigenvalue weighted by molar-refractivity contribution is 7.07. The van der Waals surface area contributed by atoms with E-state index in [0.717, 1.165) is 11.3 Å². The Morgan fingerprint density at radius 1 is 1.05 bits per heavy atom. The topological polar surface area (TPSA) is 131 Å². The highest BCUT2D eigenvalue weighted by Gasteiger charge is 2.18. The van der Waals surface area contributed by atoms with E-state index in [4.69, 9.17) is 27.6 Å².